The van der Waals surface area contributed by atoms with Crippen LogP contribution in [0.1, 0.15) is 28.8 Å². The van der Waals surface area contributed by atoms with E-state index < -0.39 is 23.8 Å². The fourth-order valence-electron chi connectivity index (χ4n) is 4.89. The molecule has 1 fully saturated rings. The Morgan fingerprint density at radius 2 is 1.85 bits per heavy atom. The fraction of sp³-hybridized carbons (Fsp3) is 0.286. The zero-order chi connectivity index (χ0) is 29.5. The van der Waals surface area contributed by atoms with Gasteiger partial charge in [0.1, 0.15) is 5.82 Å². The molecule has 13 heteroatoms. The summed E-state index contributed by atoms with van der Waals surface area (Å²) in [7, 11) is 1.74. The van der Waals surface area contributed by atoms with Crippen molar-refractivity contribution in [2.45, 2.75) is 25.6 Å². The summed E-state index contributed by atoms with van der Waals surface area (Å²) in [4.78, 5) is 18.7. The number of benzene rings is 3. The summed E-state index contributed by atoms with van der Waals surface area (Å²) in [6, 6.07) is 12.2. The highest BCUT2D eigenvalue weighted by atomic mass is 35.5. The Balaban J connectivity index is 1.39. The highest BCUT2D eigenvalue weighted by molar-refractivity contribution is 6.39. The van der Waals surface area contributed by atoms with Gasteiger partial charge in [-0.05, 0) is 48.7 Å². The summed E-state index contributed by atoms with van der Waals surface area (Å²) in [5.41, 5.74) is 2.44. The number of rotatable bonds is 6. The van der Waals surface area contributed by atoms with Crippen LogP contribution in [0.5, 0.6) is 0 Å². The van der Waals surface area contributed by atoms with Crippen molar-refractivity contribution in [1.82, 2.24) is 14.9 Å². The van der Waals surface area contributed by atoms with Crippen molar-refractivity contribution in [1.29, 1.82) is 0 Å². The monoisotopic (exact) mass is 627 g/mol. The molecule has 2 heterocycles. The van der Waals surface area contributed by atoms with Crippen molar-refractivity contribution >= 4 is 69.1 Å². The number of fused-ring (bicyclic) bond motifs is 1. The third kappa shape index (κ3) is 6.05. The van der Waals surface area contributed by atoms with Crippen LogP contribution in [0, 0.1) is 11.7 Å². The Labute approximate surface area is 248 Å². The van der Waals surface area contributed by atoms with E-state index >= 15 is 0 Å². The number of hydrogen-bond donors (Lipinski definition) is 2. The molecule has 1 unspecified atom stereocenters. The van der Waals surface area contributed by atoms with E-state index in [1.54, 1.807) is 46.8 Å². The number of nitrogens with one attached hydrogen (secondary N) is 2. The number of piperidine rings is 1. The van der Waals surface area contributed by atoms with Crippen LogP contribution < -0.4 is 15.5 Å². The Hall–Kier alpha value is -3.21. The van der Waals surface area contributed by atoms with Crippen LogP contribution in [0.25, 0.3) is 11.0 Å². The van der Waals surface area contributed by atoms with Gasteiger partial charge in [0, 0.05) is 26.7 Å². The number of carbonyl (C=O) groups is 1. The second kappa shape index (κ2) is 11.6. The molecular formula is C28H24Cl3F4N5O. The lowest BCUT2D eigenvalue weighted by molar-refractivity contribution is -0.175. The zero-order valence-electron chi connectivity index (χ0n) is 21.6. The van der Waals surface area contributed by atoms with Crippen LogP contribution in [0.3, 0.4) is 0 Å². The minimum atomic E-state index is -4.27. The molecule has 1 aromatic heterocycles. The maximum Gasteiger partial charge on any atom is 0.393 e. The molecular weight excluding hydrogens is 605 g/mol. The van der Waals surface area contributed by atoms with Crippen LogP contribution in [-0.2, 0) is 13.6 Å². The molecule has 0 aliphatic carbocycles. The van der Waals surface area contributed by atoms with Gasteiger partial charge < -0.3 is 20.1 Å². The smallest absolute Gasteiger partial charge is 0.370 e. The van der Waals surface area contributed by atoms with E-state index in [-0.39, 0.29) is 35.1 Å². The van der Waals surface area contributed by atoms with E-state index in [2.05, 4.69) is 15.6 Å². The topological polar surface area (TPSA) is 62.2 Å². The number of amides is 1. The normalized spacial score (nSPS) is 15.8. The molecule has 6 nitrogen and oxygen atoms in total. The molecule has 1 aliphatic rings. The summed E-state index contributed by atoms with van der Waals surface area (Å²) < 4.78 is 55.9. The predicted octanol–water partition coefficient (Wildman–Crippen LogP) is 8.12. The Morgan fingerprint density at radius 3 is 2.59 bits per heavy atom. The third-order valence-corrected chi connectivity index (χ3v) is 8.19. The summed E-state index contributed by atoms with van der Waals surface area (Å²) in [6.07, 6.45) is -3.77. The van der Waals surface area contributed by atoms with Gasteiger partial charge in [-0.15, -0.1) is 0 Å². The molecule has 5 rings (SSSR count). The van der Waals surface area contributed by atoms with Crippen molar-refractivity contribution in [3.05, 3.63) is 80.5 Å². The van der Waals surface area contributed by atoms with Crippen molar-refractivity contribution < 1.29 is 22.4 Å². The molecule has 1 aliphatic heterocycles. The van der Waals surface area contributed by atoms with Crippen LogP contribution >= 0.6 is 34.8 Å². The first-order valence-corrected chi connectivity index (χ1v) is 13.8. The number of alkyl halides is 3. The van der Waals surface area contributed by atoms with Gasteiger partial charge >= 0.3 is 6.18 Å². The van der Waals surface area contributed by atoms with Gasteiger partial charge in [0.25, 0.3) is 5.91 Å². The van der Waals surface area contributed by atoms with E-state index in [0.717, 1.165) is 0 Å². The number of hydrogen-bond acceptors (Lipinski definition) is 4. The lowest BCUT2D eigenvalue weighted by Gasteiger charge is -2.35. The quantitative estimate of drug-likeness (QED) is 0.212. The molecule has 216 valence electrons. The Kier molecular flexibility index (Phi) is 8.27. The summed E-state index contributed by atoms with van der Waals surface area (Å²) in [5, 5.41) is 6.59. The van der Waals surface area contributed by atoms with Gasteiger partial charge in [-0.1, -0.05) is 53.0 Å². The van der Waals surface area contributed by atoms with E-state index in [1.807, 2.05) is 0 Å². The first kappa shape index (κ1) is 29.3. The number of anilines is 3. The average molecular weight is 629 g/mol. The molecule has 3 aromatic carbocycles. The van der Waals surface area contributed by atoms with Gasteiger partial charge in [0.2, 0.25) is 5.95 Å². The highest BCUT2D eigenvalue weighted by Gasteiger charge is 2.42. The van der Waals surface area contributed by atoms with Crippen molar-refractivity contribution in [2.75, 3.05) is 23.3 Å². The average Bonchev–Trinajstić information content (AvgIpc) is 3.23. The lowest BCUT2D eigenvalue weighted by Crippen LogP contribution is -2.41. The van der Waals surface area contributed by atoms with Crippen molar-refractivity contribution in [2.24, 2.45) is 13.0 Å². The van der Waals surface area contributed by atoms with Crippen LogP contribution in [0.4, 0.5) is 34.9 Å². The Morgan fingerprint density at radius 1 is 1.10 bits per heavy atom. The first-order valence-electron chi connectivity index (χ1n) is 12.7. The van der Waals surface area contributed by atoms with E-state index in [9.17, 15) is 22.4 Å². The minimum Gasteiger partial charge on any atom is -0.370 e. The number of aryl methyl sites for hydroxylation is 1. The number of halogens is 7. The second-order valence-electron chi connectivity index (χ2n) is 9.80. The van der Waals surface area contributed by atoms with Crippen molar-refractivity contribution in [3.63, 3.8) is 0 Å². The van der Waals surface area contributed by atoms with E-state index in [0.29, 0.717) is 51.9 Å². The van der Waals surface area contributed by atoms with Gasteiger partial charge in [-0.3, -0.25) is 4.79 Å². The molecule has 0 spiro atoms. The minimum absolute atomic E-state index is 0.00805. The van der Waals surface area contributed by atoms with Gasteiger partial charge in [0.15, 0.2) is 0 Å². The highest BCUT2D eigenvalue weighted by Crippen LogP contribution is 2.40. The van der Waals surface area contributed by atoms with Crippen molar-refractivity contribution in [3.8, 4) is 0 Å². The largest absolute Gasteiger partial charge is 0.393 e. The fourth-order valence-corrected chi connectivity index (χ4v) is 5.70. The summed E-state index contributed by atoms with van der Waals surface area (Å²) in [5.74, 6) is -2.29. The SMILES string of the molecule is Cn1c(Nc2c(Cl)ccc(CNC(=O)c3ccccc3F)c2Cl)nc2cc(Cl)c(N3CCCC(C(F)(F)F)C3)cc21. The molecule has 0 saturated carbocycles. The Bertz CT molecular complexity index is 1620. The standard InChI is InChI=1S/C28H24Cl3F4N5O/c1-39-23-12-22(40-10-4-5-16(14-40)28(33,34)35)19(30)11-21(23)37-27(39)38-25-18(29)9-8-15(24(25)31)13-36-26(41)17-6-2-3-7-20(17)32/h2-3,6-9,11-12,16H,4-5,10,13-14H2,1H3,(H,36,41)(H,37,38). The zero-order valence-corrected chi connectivity index (χ0v) is 23.9. The number of nitrogens with zero attached hydrogens (tertiary/aromatic N) is 3. The lowest BCUT2D eigenvalue weighted by atomic mass is 9.97. The summed E-state index contributed by atoms with van der Waals surface area (Å²) >= 11 is 19.6. The number of aromatic nitrogens is 2. The van der Waals surface area contributed by atoms with Crippen LogP contribution in [-0.4, -0.2) is 34.7 Å². The first-order chi connectivity index (χ1) is 19.4. The number of imidazole rings is 1. The predicted molar refractivity (Wildman–Crippen MR) is 154 cm³/mol. The molecule has 4 aromatic rings. The second-order valence-corrected chi connectivity index (χ2v) is 11.0. The van der Waals surface area contributed by atoms with E-state index in [1.165, 1.54) is 18.2 Å². The number of carbonyl (C=O) groups excluding carboxylic acids is 1. The molecule has 41 heavy (non-hydrogen) atoms. The van der Waals surface area contributed by atoms with Crippen LogP contribution in [0.15, 0.2) is 48.5 Å². The van der Waals surface area contributed by atoms with E-state index in [4.69, 9.17) is 34.8 Å². The van der Waals surface area contributed by atoms with Crippen LogP contribution in [0.2, 0.25) is 15.1 Å². The van der Waals surface area contributed by atoms with Gasteiger partial charge in [0.05, 0.1) is 49.0 Å². The molecule has 2 N–H and O–H groups in total. The van der Waals surface area contributed by atoms with Gasteiger partial charge in [-0.25, -0.2) is 9.37 Å². The third-order valence-electron chi connectivity index (χ3n) is 7.14. The molecule has 0 bridgehead atoms. The van der Waals surface area contributed by atoms with Gasteiger partial charge in [-0.2, -0.15) is 13.2 Å². The maximum atomic E-state index is 14.0. The molecule has 0 radical (unpaired) electrons. The molecule has 1 atom stereocenters. The molecule has 1 amide bonds. The maximum absolute atomic E-state index is 14.0. The summed E-state index contributed by atoms with van der Waals surface area (Å²) in [6.45, 7) is 0.309. The molecule has 1 saturated heterocycles.